The minimum atomic E-state index is -0.0227. The summed E-state index contributed by atoms with van der Waals surface area (Å²) in [6.07, 6.45) is 4.24. The second-order valence-corrected chi connectivity index (χ2v) is 5.95. The quantitative estimate of drug-likeness (QED) is 0.815. The molecule has 0 aliphatic carbocycles. The van der Waals surface area contributed by atoms with Crippen LogP contribution in [0.5, 0.6) is 0 Å². The van der Waals surface area contributed by atoms with Crippen molar-refractivity contribution in [2.45, 2.75) is 20.3 Å². The van der Waals surface area contributed by atoms with E-state index in [4.69, 9.17) is 4.42 Å². The summed E-state index contributed by atoms with van der Waals surface area (Å²) in [5.74, 6) is 0.933. The summed E-state index contributed by atoms with van der Waals surface area (Å²) in [5, 5.41) is 1.03. The molecule has 2 amide bonds. The number of aryl methyl sites for hydroxylation is 1. The Hall–Kier alpha value is -2.56. The number of piperazine rings is 1. The zero-order chi connectivity index (χ0) is 17.1. The zero-order valence-corrected chi connectivity index (χ0v) is 14.1. The summed E-state index contributed by atoms with van der Waals surface area (Å²) in [6.45, 7) is 5.96. The van der Waals surface area contributed by atoms with Gasteiger partial charge in [0.15, 0.2) is 0 Å². The van der Waals surface area contributed by atoms with Crippen molar-refractivity contribution in [1.29, 1.82) is 0 Å². The molecule has 0 bridgehead atoms. The highest BCUT2D eigenvalue weighted by Crippen LogP contribution is 2.27. The highest BCUT2D eigenvalue weighted by Gasteiger charge is 2.21. The van der Waals surface area contributed by atoms with Gasteiger partial charge in [-0.3, -0.25) is 9.59 Å². The lowest BCUT2D eigenvalue weighted by atomic mass is 10.1. The van der Waals surface area contributed by atoms with Gasteiger partial charge in [-0.2, -0.15) is 0 Å². The number of furan rings is 1. The Bertz CT molecular complexity index is 783. The number of para-hydroxylation sites is 1. The van der Waals surface area contributed by atoms with E-state index >= 15 is 0 Å². The molecule has 1 aromatic carbocycles. The topological polar surface area (TPSA) is 53.8 Å². The van der Waals surface area contributed by atoms with Crippen LogP contribution in [0.3, 0.4) is 0 Å². The van der Waals surface area contributed by atoms with Gasteiger partial charge in [0.2, 0.25) is 11.8 Å². The Balaban J connectivity index is 1.74. The van der Waals surface area contributed by atoms with Crippen LogP contribution in [0.15, 0.2) is 34.8 Å². The molecule has 0 radical (unpaired) electrons. The molecule has 0 atom stereocenters. The van der Waals surface area contributed by atoms with Crippen molar-refractivity contribution < 1.29 is 14.0 Å². The zero-order valence-electron chi connectivity index (χ0n) is 14.1. The monoisotopic (exact) mass is 326 g/mol. The van der Waals surface area contributed by atoms with Gasteiger partial charge in [-0.15, -0.1) is 0 Å². The van der Waals surface area contributed by atoms with Gasteiger partial charge in [0.25, 0.3) is 0 Å². The van der Waals surface area contributed by atoms with Gasteiger partial charge < -0.3 is 14.2 Å². The van der Waals surface area contributed by atoms with Crippen LogP contribution in [0.4, 0.5) is 0 Å². The van der Waals surface area contributed by atoms with E-state index < -0.39 is 0 Å². The normalized spacial score (nSPS) is 15.4. The molecule has 3 rings (SSSR count). The molecule has 1 aliphatic rings. The van der Waals surface area contributed by atoms with Crippen molar-refractivity contribution in [2.24, 2.45) is 0 Å². The van der Waals surface area contributed by atoms with Crippen molar-refractivity contribution in [3.63, 3.8) is 0 Å². The van der Waals surface area contributed by atoms with Gasteiger partial charge in [0.05, 0.1) is 0 Å². The van der Waals surface area contributed by atoms with Gasteiger partial charge in [-0.05, 0) is 12.1 Å². The number of hydrogen-bond donors (Lipinski definition) is 0. The molecule has 5 nitrogen and oxygen atoms in total. The predicted molar refractivity (Wildman–Crippen MR) is 93.5 cm³/mol. The molecule has 2 heterocycles. The van der Waals surface area contributed by atoms with Gasteiger partial charge in [0, 0.05) is 56.5 Å². The summed E-state index contributed by atoms with van der Waals surface area (Å²) in [4.78, 5) is 27.3. The van der Waals surface area contributed by atoms with Crippen LogP contribution in [0, 0.1) is 0 Å². The molecule has 0 N–H and O–H groups in total. The van der Waals surface area contributed by atoms with Crippen LogP contribution in [-0.4, -0.2) is 47.8 Å². The second kappa shape index (κ2) is 6.91. The van der Waals surface area contributed by atoms with Crippen LogP contribution in [0.1, 0.15) is 25.2 Å². The maximum atomic E-state index is 12.4. The van der Waals surface area contributed by atoms with E-state index in [1.165, 1.54) is 0 Å². The van der Waals surface area contributed by atoms with Crippen LogP contribution < -0.4 is 0 Å². The molecule has 1 fully saturated rings. The second-order valence-electron chi connectivity index (χ2n) is 5.95. The molecule has 0 spiro atoms. The smallest absolute Gasteiger partial charge is 0.246 e. The first-order valence-electron chi connectivity index (χ1n) is 8.33. The Labute approximate surface area is 141 Å². The van der Waals surface area contributed by atoms with E-state index in [1.54, 1.807) is 22.8 Å². The molecule has 1 aromatic heterocycles. The molecule has 0 saturated carbocycles. The fourth-order valence-corrected chi connectivity index (χ4v) is 3.06. The van der Waals surface area contributed by atoms with Crippen molar-refractivity contribution in [3.8, 4) is 0 Å². The average Bonchev–Trinajstić information content (AvgIpc) is 2.97. The third kappa shape index (κ3) is 3.20. The molecule has 0 unspecified atom stereocenters. The predicted octanol–water partition coefficient (Wildman–Crippen LogP) is 2.70. The first-order valence-corrected chi connectivity index (χ1v) is 8.33. The number of fused-ring (bicyclic) bond motifs is 1. The SMILES string of the molecule is CCc1oc2ccccc2c1/C=C/C(=O)N1CCN(C(C)=O)CC1. The first kappa shape index (κ1) is 16.3. The van der Waals surface area contributed by atoms with Crippen LogP contribution in [-0.2, 0) is 16.0 Å². The maximum absolute atomic E-state index is 12.4. The average molecular weight is 326 g/mol. The Morgan fingerprint density at radius 2 is 1.79 bits per heavy atom. The van der Waals surface area contributed by atoms with E-state index in [0.29, 0.717) is 26.2 Å². The lowest BCUT2D eigenvalue weighted by molar-refractivity contribution is -0.135. The summed E-state index contributed by atoms with van der Waals surface area (Å²) in [7, 11) is 0. The van der Waals surface area contributed by atoms with Gasteiger partial charge >= 0.3 is 0 Å². The van der Waals surface area contributed by atoms with Crippen LogP contribution >= 0.6 is 0 Å². The van der Waals surface area contributed by atoms with Crippen molar-refractivity contribution in [1.82, 2.24) is 9.80 Å². The minimum absolute atomic E-state index is 0.0227. The highest BCUT2D eigenvalue weighted by molar-refractivity contribution is 5.96. The van der Waals surface area contributed by atoms with Crippen molar-refractivity contribution >= 4 is 28.9 Å². The van der Waals surface area contributed by atoms with E-state index in [2.05, 4.69) is 0 Å². The summed E-state index contributed by atoms with van der Waals surface area (Å²) in [6, 6.07) is 7.86. The number of nitrogens with zero attached hydrogens (tertiary/aromatic N) is 2. The molecule has 24 heavy (non-hydrogen) atoms. The molecule has 1 aliphatic heterocycles. The van der Waals surface area contributed by atoms with Crippen molar-refractivity contribution in [3.05, 3.63) is 41.7 Å². The van der Waals surface area contributed by atoms with E-state index in [1.807, 2.05) is 37.3 Å². The molecule has 2 aromatic rings. The Kier molecular flexibility index (Phi) is 4.69. The lowest BCUT2D eigenvalue weighted by Crippen LogP contribution is -2.49. The Morgan fingerprint density at radius 3 is 2.46 bits per heavy atom. The molecule has 1 saturated heterocycles. The summed E-state index contributed by atoms with van der Waals surface area (Å²) < 4.78 is 5.85. The van der Waals surface area contributed by atoms with Crippen molar-refractivity contribution in [2.75, 3.05) is 26.2 Å². The number of hydrogen-bond acceptors (Lipinski definition) is 3. The van der Waals surface area contributed by atoms with E-state index in [-0.39, 0.29) is 11.8 Å². The van der Waals surface area contributed by atoms with Gasteiger partial charge in [-0.25, -0.2) is 0 Å². The first-order chi connectivity index (χ1) is 11.6. The Morgan fingerprint density at radius 1 is 1.12 bits per heavy atom. The fraction of sp³-hybridized carbons (Fsp3) is 0.368. The van der Waals surface area contributed by atoms with Crippen LogP contribution in [0.2, 0.25) is 0 Å². The number of carbonyl (C=O) groups is 2. The van der Waals surface area contributed by atoms with Gasteiger partial charge in [-0.1, -0.05) is 25.1 Å². The molecule has 126 valence electrons. The maximum Gasteiger partial charge on any atom is 0.246 e. The third-order valence-electron chi connectivity index (χ3n) is 4.46. The minimum Gasteiger partial charge on any atom is -0.460 e. The van der Waals surface area contributed by atoms with Gasteiger partial charge in [0.1, 0.15) is 11.3 Å². The number of benzene rings is 1. The fourth-order valence-electron chi connectivity index (χ4n) is 3.06. The summed E-state index contributed by atoms with van der Waals surface area (Å²) in [5.41, 5.74) is 1.82. The molecular weight excluding hydrogens is 304 g/mol. The standard InChI is InChI=1S/C19H22N2O3/c1-3-17-16(15-6-4-5-7-18(15)24-17)8-9-19(23)21-12-10-20(11-13-21)14(2)22/h4-9H,3,10-13H2,1-2H3/b9-8+. The lowest BCUT2D eigenvalue weighted by Gasteiger charge is -2.33. The largest absolute Gasteiger partial charge is 0.460 e. The van der Waals surface area contributed by atoms with E-state index in [9.17, 15) is 9.59 Å². The van der Waals surface area contributed by atoms with E-state index in [0.717, 1.165) is 28.7 Å². The number of rotatable bonds is 3. The summed E-state index contributed by atoms with van der Waals surface area (Å²) >= 11 is 0. The molecular formula is C19H22N2O3. The highest BCUT2D eigenvalue weighted by atomic mass is 16.3. The molecule has 5 heteroatoms. The third-order valence-corrected chi connectivity index (χ3v) is 4.46. The number of carbonyl (C=O) groups excluding carboxylic acids is 2. The number of amides is 2. The van der Waals surface area contributed by atoms with Crippen LogP contribution in [0.25, 0.3) is 17.0 Å².